The van der Waals surface area contributed by atoms with Crippen molar-refractivity contribution in [3.8, 4) is 6.07 Å². The van der Waals surface area contributed by atoms with Gasteiger partial charge in [0.25, 0.3) is 0 Å². The maximum Gasteiger partial charge on any atom is 0.129 e. The molecule has 2 aliphatic rings. The highest BCUT2D eigenvalue weighted by Gasteiger charge is 2.29. The molecule has 2 aromatic heterocycles. The van der Waals surface area contributed by atoms with Gasteiger partial charge in [-0.2, -0.15) is 5.26 Å². The molecule has 2 fully saturated rings. The summed E-state index contributed by atoms with van der Waals surface area (Å²) >= 11 is 0. The fourth-order valence-corrected chi connectivity index (χ4v) is 4.35. The van der Waals surface area contributed by atoms with Crippen molar-refractivity contribution in [3.05, 3.63) is 47.7 Å². The molecule has 6 nitrogen and oxygen atoms in total. The lowest BCUT2D eigenvalue weighted by atomic mass is 10.1. The highest BCUT2D eigenvalue weighted by molar-refractivity contribution is 6.02. The Labute approximate surface area is 168 Å². The van der Waals surface area contributed by atoms with Crippen molar-refractivity contribution in [3.63, 3.8) is 0 Å². The van der Waals surface area contributed by atoms with Crippen LogP contribution in [0.15, 0.2) is 36.3 Å². The maximum atomic E-state index is 14.1. The van der Waals surface area contributed by atoms with Crippen LogP contribution in [0, 0.1) is 17.2 Å². The molecule has 2 heterocycles. The number of nitrogens with zero attached hydrogens (tertiary/aromatic N) is 4. The first-order valence-electron chi connectivity index (χ1n) is 10.2. The Morgan fingerprint density at radius 3 is 2.90 bits per heavy atom. The number of aromatic nitrogens is 3. The van der Waals surface area contributed by atoms with Gasteiger partial charge in [-0.25, -0.2) is 9.37 Å². The average Bonchev–Trinajstić information content (AvgIpc) is 3.40. The number of halogens is 1. The van der Waals surface area contributed by atoms with Crippen LogP contribution < -0.4 is 11.1 Å². The summed E-state index contributed by atoms with van der Waals surface area (Å²) in [5, 5.41) is 13.5. The zero-order chi connectivity index (χ0) is 20.0. The molecule has 29 heavy (non-hydrogen) atoms. The quantitative estimate of drug-likeness (QED) is 0.691. The highest BCUT2D eigenvalue weighted by Crippen LogP contribution is 2.37. The van der Waals surface area contributed by atoms with Crippen molar-refractivity contribution in [1.29, 1.82) is 5.26 Å². The van der Waals surface area contributed by atoms with E-state index in [4.69, 9.17) is 10.7 Å². The topological polar surface area (TPSA) is 92.6 Å². The first kappa shape index (κ1) is 17.9. The number of fused-ring (bicyclic) bond motifs is 3. The van der Waals surface area contributed by atoms with Crippen LogP contribution in [0.4, 0.5) is 4.39 Å². The third kappa shape index (κ3) is 3.29. The summed E-state index contributed by atoms with van der Waals surface area (Å²) in [6.07, 6.45) is 6.99. The zero-order valence-electron chi connectivity index (χ0n) is 16.1. The van der Waals surface area contributed by atoms with Gasteiger partial charge in [-0.15, -0.1) is 0 Å². The van der Waals surface area contributed by atoms with Crippen LogP contribution in [0.5, 0.6) is 0 Å². The number of alkyl halides is 1. The van der Waals surface area contributed by atoms with Crippen molar-refractivity contribution in [1.82, 2.24) is 19.9 Å². The van der Waals surface area contributed by atoms with Gasteiger partial charge >= 0.3 is 0 Å². The molecule has 0 spiro atoms. The first-order valence-corrected chi connectivity index (χ1v) is 10.2. The molecule has 0 saturated heterocycles. The second-order valence-electron chi connectivity index (χ2n) is 8.10. The lowest BCUT2D eigenvalue weighted by Crippen LogP contribution is -2.17. The van der Waals surface area contributed by atoms with Gasteiger partial charge in [0, 0.05) is 23.3 Å². The summed E-state index contributed by atoms with van der Waals surface area (Å²) < 4.78 is 16.2. The monoisotopic (exact) mass is 390 g/mol. The number of nitrogens with one attached hydrogen (secondary N) is 1. The molecular formula is C22H23FN6. The summed E-state index contributed by atoms with van der Waals surface area (Å²) in [5.74, 6) is 1.34. The van der Waals surface area contributed by atoms with E-state index in [1.165, 1.54) is 0 Å². The lowest BCUT2D eigenvalue weighted by molar-refractivity contribution is 0.330. The zero-order valence-corrected chi connectivity index (χ0v) is 16.1. The Bertz CT molecular complexity index is 1150. The van der Waals surface area contributed by atoms with E-state index in [2.05, 4.69) is 20.9 Å². The Balaban J connectivity index is 1.62. The summed E-state index contributed by atoms with van der Waals surface area (Å²) in [6.45, 7) is 0.509. The van der Waals surface area contributed by atoms with E-state index < -0.39 is 6.17 Å². The average molecular weight is 390 g/mol. The van der Waals surface area contributed by atoms with E-state index in [1.54, 1.807) is 12.3 Å². The fraction of sp³-hybridized carbons (Fsp3) is 0.409. The molecule has 148 valence electrons. The largest absolute Gasteiger partial charge is 0.401 e. The number of imidazole rings is 1. The molecule has 3 aromatic rings. The number of nitriles is 1. The van der Waals surface area contributed by atoms with Gasteiger partial charge in [0.05, 0.1) is 35.4 Å². The van der Waals surface area contributed by atoms with Gasteiger partial charge in [-0.3, -0.25) is 4.98 Å². The van der Waals surface area contributed by atoms with Gasteiger partial charge < -0.3 is 15.6 Å². The molecule has 0 amide bonds. The summed E-state index contributed by atoms with van der Waals surface area (Å²) in [7, 11) is 0. The van der Waals surface area contributed by atoms with Crippen molar-refractivity contribution in [2.24, 2.45) is 11.7 Å². The summed E-state index contributed by atoms with van der Waals surface area (Å²) in [5.41, 5.74) is 10.1. The normalized spacial score (nSPS) is 22.3. The molecule has 2 aliphatic carbocycles. The van der Waals surface area contributed by atoms with Gasteiger partial charge in [-0.1, -0.05) is 0 Å². The number of hydrogen-bond donors (Lipinski definition) is 2. The highest BCUT2D eigenvalue weighted by atomic mass is 19.1. The van der Waals surface area contributed by atoms with Crippen molar-refractivity contribution < 1.29 is 4.39 Å². The standard InChI is InChI=1S/C22H23FN6/c23-15-4-5-16(8-15)29-21(12-26-10-18(25)14-2-3-14)28-20-11-27-19-6-1-13(9-24)7-17(19)22(20)29/h1,6-7,10-11,14-16,26H,2-5,8,12,25H2/b18-10-. The Morgan fingerprint density at radius 2 is 2.17 bits per heavy atom. The summed E-state index contributed by atoms with van der Waals surface area (Å²) in [4.78, 5) is 9.32. The Kier molecular flexibility index (Phi) is 4.35. The predicted molar refractivity (Wildman–Crippen MR) is 109 cm³/mol. The fourth-order valence-electron chi connectivity index (χ4n) is 4.35. The molecule has 7 heteroatoms. The van der Waals surface area contributed by atoms with Gasteiger partial charge in [-0.05, 0) is 56.2 Å². The van der Waals surface area contributed by atoms with E-state index in [0.717, 1.165) is 52.7 Å². The molecule has 0 aliphatic heterocycles. The molecule has 5 rings (SSSR count). The number of rotatable bonds is 5. The summed E-state index contributed by atoms with van der Waals surface area (Å²) in [6, 6.07) is 7.72. The molecule has 1 aromatic carbocycles. The van der Waals surface area contributed by atoms with Gasteiger partial charge in [0.15, 0.2) is 0 Å². The molecular weight excluding hydrogens is 367 g/mol. The van der Waals surface area contributed by atoms with Crippen LogP contribution in [0.2, 0.25) is 0 Å². The second-order valence-corrected chi connectivity index (χ2v) is 8.10. The molecule has 2 unspecified atom stereocenters. The van der Waals surface area contributed by atoms with Gasteiger partial charge in [0.1, 0.15) is 17.5 Å². The number of benzene rings is 1. The predicted octanol–water partition coefficient (Wildman–Crippen LogP) is 3.82. The number of nitrogens with two attached hydrogens (primary N) is 1. The minimum Gasteiger partial charge on any atom is -0.401 e. The minimum atomic E-state index is -0.786. The van der Waals surface area contributed by atoms with Crippen LogP contribution in [0.1, 0.15) is 49.5 Å². The number of pyridine rings is 1. The van der Waals surface area contributed by atoms with Crippen LogP contribution in [0.25, 0.3) is 21.9 Å². The van der Waals surface area contributed by atoms with Crippen LogP contribution in [0.3, 0.4) is 0 Å². The Hall–Kier alpha value is -3.14. The minimum absolute atomic E-state index is 0.0490. The van der Waals surface area contributed by atoms with E-state index in [0.29, 0.717) is 30.9 Å². The molecule has 2 saturated carbocycles. The second kappa shape index (κ2) is 7.03. The molecule has 0 radical (unpaired) electrons. The van der Waals surface area contributed by atoms with E-state index >= 15 is 0 Å². The molecule has 3 N–H and O–H groups in total. The van der Waals surface area contributed by atoms with Crippen LogP contribution in [-0.4, -0.2) is 20.7 Å². The van der Waals surface area contributed by atoms with Crippen molar-refractivity contribution in [2.75, 3.05) is 0 Å². The SMILES string of the molecule is N#Cc1ccc2ncc3nc(CN/C=C(\N)C4CC4)n(C4CCC(F)C4)c3c2c1. The van der Waals surface area contributed by atoms with Gasteiger partial charge in [0.2, 0.25) is 0 Å². The molecule has 0 bridgehead atoms. The smallest absolute Gasteiger partial charge is 0.129 e. The van der Waals surface area contributed by atoms with E-state index in [1.807, 2.05) is 18.3 Å². The van der Waals surface area contributed by atoms with E-state index in [9.17, 15) is 9.65 Å². The maximum absolute atomic E-state index is 14.1. The lowest BCUT2D eigenvalue weighted by Gasteiger charge is -2.17. The first-order chi connectivity index (χ1) is 14.1. The number of hydrogen-bond acceptors (Lipinski definition) is 5. The van der Waals surface area contributed by atoms with Crippen molar-refractivity contribution in [2.45, 2.75) is 50.9 Å². The van der Waals surface area contributed by atoms with Crippen LogP contribution in [-0.2, 0) is 6.54 Å². The van der Waals surface area contributed by atoms with Crippen LogP contribution >= 0.6 is 0 Å². The number of allylic oxidation sites excluding steroid dienone is 1. The third-order valence-electron chi connectivity index (χ3n) is 6.00. The van der Waals surface area contributed by atoms with E-state index in [-0.39, 0.29) is 6.04 Å². The van der Waals surface area contributed by atoms with Crippen molar-refractivity contribution >= 4 is 21.9 Å². The Morgan fingerprint density at radius 1 is 1.31 bits per heavy atom. The molecule has 2 atom stereocenters. The third-order valence-corrected chi connectivity index (χ3v) is 6.00.